The molecule has 8 atom stereocenters. The summed E-state index contributed by atoms with van der Waals surface area (Å²) < 4.78 is 19.3. The van der Waals surface area contributed by atoms with Crippen LogP contribution in [0.3, 0.4) is 0 Å². The Bertz CT molecular complexity index is 1170. The minimum absolute atomic E-state index is 0.0682. The smallest absolute Gasteiger partial charge is 0.325 e. The standard InChI is InChI=1S/C30H39FN2O5S/c1-6-28(4)15-22(38-23(35)16-32-27(39)33-26(37)19-7-9-20(31)10-8-19)29(5)17(2)11-13-30(18(3)25(28)36)14-12-21(34)24(29)30/h6-10,17-18,22,24-25,36H,1,11-16H2,2-5H3,(H2,32,33,37,39)/t17-,18+,22-,24+,25+,28-,29+,30+/m1/s1. The van der Waals surface area contributed by atoms with Gasteiger partial charge in [0.05, 0.1) is 6.10 Å². The second kappa shape index (κ2) is 10.7. The van der Waals surface area contributed by atoms with Gasteiger partial charge in [0.15, 0.2) is 5.11 Å². The molecule has 0 aromatic heterocycles. The molecule has 3 aliphatic rings. The monoisotopic (exact) mass is 558 g/mol. The van der Waals surface area contributed by atoms with Gasteiger partial charge in [0, 0.05) is 28.7 Å². The fourth-order valence-corrected chi connectivity index (χ4v) is 7.84. The molecular weight excluding hydrogens is 519 g/mol. The molecule has 1 aromatic rings. The van der Waals surface area contributed by atoms with Crippen molar-refractivity contribution in [1.29, 1.82) is 0 Å². The number of hydrogen-bond acceptors (Lipinski definition) is 6. The summed E-state index contributed by atoms with van der Waals surface area (Å²) in [5, 5.41) is 16.7. The van der Waals surface area contributed by atoms with Crippen molar-refractivity contribution < 1.29 is 28.6 Å². The largest absolute Gasteiger partial charge is 0.460 e. The quantitative estimate of drug-likeness (QED) is 0.281. The van der Waals surface area contributed by atoms with E-state index in [0.29, 0.717) is 12.8 Å². The molecule has 39 heavy (non-hydrogen) atoms. The van der Waals surface area contributed by atoms with E-state index in [0.717, 1.165) is 19.3 Å². The molecule has 0 spiro atoms. The molecule has 4 rings (SSSR count). The summed E-state index contributed by atoms with van der Waals surface area (Å²) in [5.74, 6) is -1.69. The number of carbonyl (C=O) groups is 3. The van der Waals surface area contributed by atoms with Crippen LogP contribution in [0.15, 0.2) is 36.9 Å². The first-order valence-electron chi connectivity index (χ1n) is 13.7. The van der Waals surface area contributed by atoms with Gasteiger partial charge in [0.25, 0.3) is 5.91 Å². The topological polar surface area (TPSA) is 105 Å². The van der Waals surface area contributed by atoms with Crippen LogP contribution in [0.4, 0.5) is 4.39 Å². The highest BCUT2D eigenvalue weighted by molar-refractivity contribution is 7.80. The van der Waals surface area contributed by atoms with E-state index in [1.165, 1.54) is 24.3 Å². The fourth-order valence-electron chi connectivity index (χ4n) is 7.67. The maximum atomic E-state index is 13.5. The van der Waals surface area contributed by atoms with E-state index in [9.17, 15) is 23.9 Å². The SMILES string of the molecule is C=C[C@]1(C)C[C@@H](OC(=O)CNC(=S)NC(=O)c2ccc(F)cc2)[C@]2(C)[C@H](C)CC[C@]3(CCC(=O)[C@H]32)[C@@H](C)[C@@H]1O. The summed E-state index contributed by atoms with van der Waals surface area (Å²) in [7, 11) is 0. The molecular formula is C30H39FN2O5S. The third-order valence-electron chi connectivity index (χ3n) is 10.3. The Hall–Kier alpha value is -2.65. The molecule has 0 heterocycles. The lowest BCUT2D eigenvalue weighted by Crippen LogP contribution is -2.63. The Balaban J connectivity index is 1.53. The molecule has 3 aliphatic carbocycles. The van der Waals surface area contributed by atoms with Crippen LogP contribution in [0.5, 0.6) is 0 Å². The average Bonchev–Trinajstić information content (AvgIpc) is 3.26. The summed E-state index contributed by atoms with van der Waals surface area (Å²) in [6, 6.07) is 5.00. The van der Waals surface area contributed by atoms with E-state index in [2.05, 4.69) is 38.0 Å². The van der Waals surface area contributed by atoms with Gasteiger partial charge in [-0.1, -0.05) is 33.8 Å². The van der Waals surface area contributed by atoms with Gasteiger partial charge in [0.1, 0.15) is 24.2 Å². The van der Waals surface area contributed by atoms with E-state index < -0.39 is 40.7 Å². The van der Waals surface area contributed by atoms with Crippen LogP contribution in [0.25, 0.3) is 0 Å². The molecule has 9 heteroatoms. The van der Waals surface area contributed by atoms with Crippen molar-refractivity contribution in [1.82, 2.24) is 10.6 Å². The summed E-state index contributed by atoms with van der Waals surface area (Å²) in [6.07, 6.45) is 3.65. The number of hydrogen-bond donors (Lipinski definition) is 3. The molecule has 3 saturated carbocycles. The number of amides is 1. The maximum absolute atomic E-state index is 13.5. The third-order valence-corrected chi connectivity index (χ3v) is 10.5. The lowest BCUT2D eigenvalue weighted by Gasteiger charge is -2.61. The molecule has 1 aromatic carbocycles. The second-order valence-corrected chi connectivity index (χ2v) is 12.6. The van der Waals surface area contributed by atoms with Crippen LogP contribution in [0, 0.1) is 39.8 Å². The summed E-state index contributed by atoms with van der Waals surface area (Å²) in [6.45, 7) is 11.9. The number of benzene rings is 1. The molecule has 0 radical (unpaired) electrons. The third kappa shape index (κ3) is 5.04. The lowest BCUT2D eigenvalue weighted by molar-refractivity contribution is -0.206. The first-order valence-corrected chi connectivity index (χ1v) is 14.1. The molecule has 0 aliphatic heterocycles. The number of carbonyl (C=O) groups excluding carboxylic acids is 3. The molecule has 7 nitrogen and oxygen atoms in total. The van der Waals surface area contributed by atoms with Crippen LogP contribution >= 0.6 is 12.2 Å². The minimum atomic E-state index is -0.741. The molecule has 3 fully saturated rings. The van der Waals surface area contributed by atoms with Gasteiger partial charge in [0.2, 0.25) is 0 Å². The number of ether oxygens (including phenoxy) is 1. The highest BCUT2D eigenvalue weighted by atomic mass is 32.1. The van der Waals surface area contributed by atoms with Crippen molar-refractivity contribution in [3.05, 3.63) is 48.3 Å². The normalized spacial score (nSPS) is 37.6. The van der Waals surface area contributed by atoms with Crippen molar-refractivity contribution in [2.75, 3.05) is 6.54 Å². The molecule has 3 N–H and O–H groups in total. The highest BCUT2D eigenvalue weighted by Crippen LogP contribution is 2.67. The van der Waals surface area contributed by atoms with Gasteiger partial charge in [-0.25, -0.2) is 4.39 Å². The van der Waals surface area contributed by atoms with Crippen molar-refractivity contribution in [2.24, 2.45) is 34.0 Å². The fraction of sp³-hybridized carbons (Fsp3) is 0.600. The molecule has 212 valence electrons. The number of thiocarbonyl (C=S) groups is 1. The zero-order chi connectivity index (χ0) is 28.8. The van der Waals surface area contributed by atoms with Crippen LogP contribution in [-0.2, 0) is 14.3 Å². The van der Waals surface area contributed by atoms with Crippen LogP contribution in [-0.4, -0.2) is 46.6 Å². The summed E-state index contributed by atoms with van der Waals surface area (Å²) in [4.78, 5) is 39.0. The summed E-state index contributed by atoms with van der Waals surface area (Å²) in [5.41, 5.74) is -1.47. The number of esters is 1. The van der Waals surface area contributed by atoms with Gasteiger partial charge >= 0.3 is 5.97 Å². The van der Waals surface area contributed by atoms with Gasteiger partial charge in [-0.05, 0) is 79.4 Å². The first kappa shape index (κ1) is 29.3. The predicted octanol–water partition coefficient (Wildman–Crippen LogP) is 4.34. The van der Waals surface area contributed by atoms with Crippen LogP contribution in [0.2, 0.25) is 0 Å². The van der Waals surface area contributed by atoms with Crippen molar-refractivity contribution >= 4 is 35.0 Å². The van der Waals surface area contributed by atoms with E-state index in [-0.39, 0.29) is 46.2 Å². The van der Waals surface area contributed by atoms with Crippen LogP contribution in [0.1, 0.15) is 70.2 Å². The molecule has 0 saturated heterocycles. The van der Waals surface area contributed by atoms with Gasteiger partial charge in [-0.3, -0.25) is 19.7 Å². The highest BCUT2D eigenvalue weighted by Gasteiger charge is 2.68. The Kier molecular flexibility index (Phi) is 8.07. The average molecular weight is 559 g/mol. The number of halogens is 1. The lowest BCUT2D eigenvalue weighted by atomic mass is 9.44. The van der Waals surface area contributed by atoms with E-state index in [1.807, 2.05) is 6.92 Å². The number of aliphatic hydroxyl groups is 1. The molecule has 1 amide bonds. The Morgan fingerprint density at radius 3 is 2.54 bits per heavy atom. The van der Waals surface area contributed by atoms with Crippen LogP contribution < -0.4 is 10.6 Å². The molecule has 2 bridgehead atoms. The van der Waals surface area contributed by atoms with Gasteiger partial charge < -0.3 is 15.2 Å². The van der Waals surface area contributed by atoms with E-state index in [1.54, 1.807) is 6.08 Å². The van der Waals surface area contributed by atoms with Crippen molar-refractivity contribution in [3.63, 3.8) is 0 Å². The number of nitrogens with one attached hydrogen (secondary N) is 2. The maximum Gasteiger partial charge on any atom is 0.325 e. The van der Waals surface area contributed by atoms with E-state index >= 15 is 0 Å². The minimum Gasteiger partial charge on any atom is -0.460 e. The van der Waals surface area contributed by atoms with E-state index in [4.69, 9.17) is 17.0 Å². The number of ketones is 1. The number of Topliss-reactive ketones (excluding diaryl/α,β-unsaturated/α-hetero) is 1. The first-order chi connectivity index (χ1) is 18.3. The Morgan fingerprint density at radius 2 is 1.90 bits per heavy atom. The van der Waals surface area contributed by atoms with Gasteiger partial charge in [-0.2, -0.15) is 0 Å². The Morgan fingerprint density at radius 1 is 1.23 bits per heavy atom. The van der Waals surface area contributed by atoms with Crippen molar-refractivity contribution in [2.45, 2.75) is 72.0 Å². The second-order valence-electron chi connectivity index (χ2n) is 12.2. The van der Waals surface area contributed by atoms with Crippen molar-refractivity contribution in [3.8, 4) is 0 Å². The number of rotatable bonds is 5. The zero-order valence-electron chi connectivity index (χ0n) is 23.1. The summed E-state index contributed by atoms with van der Waals surface area (Å²) >= 11 is 5.17. The molecule has 0 unspecified atom stereocenters. The number of aliphatic hydroxyl groups excluding tert-OH is 1. The van der Waals surface area contributed by atoms with Gasteiger partial charge in [-0.15, -0.1) is 6.58 Å². The predicted molar refractivity (Wildman–Crippen MR) is 149 cm³/mol. The zero-order valence-corrected chi connectivity index (χ0v) is 23.9. The Labute approximate surface area is 234 Å².